The number of nitrogens with zero attached hydrogens (tertiary/aromatic N) is 1. The lowest BCUT2D eigenvalue weighted by Crippen LogP contribution is -2.50. The second-order valence-electron chi connectivity index (χ2n) is 4.54. The summed E-state index contributed by atoms with van der Waals surface area (Å²) >= 11 is 0. The van der Waals surface area contributed by atoms with Gasteiger partial charge < -0.3 is 10.0 Å². The lowest BCUT2D eigenvalue weighted by atomic mass is 10.0. The topological polar surface area (TPSA) is 57.6 Å². The molecule has 0 atom stereocenters. The van der Waals surface area contributed by atoms with Crippen LogP contribution in [0.3, 0.4) is 0 Å². The second kappa shape index (κ2) is 4.57. The van der Waals surface area contributed by atoms with Gasteiger partial charge in [0.2, 0.25) is 0 Å². The van der Waals surface area contributed by atoms with Crippen LogP contribution in [0, 0.1) is 6.92 Å². The van der Waals surface area contributed by atoms with Crippen LogP contribution in [0.1, 0.15) is 29.8 Å². The maximum atomic E-state index is 12.2. The van der Waals surface area contributed by atoms with E-state index in [4.69, 9.17) is 5.11 Å². The Morgan fingerprint density at radius 3 is 2.24 bits per heavy atom. The third-order valence-corrected chi connectivity index (χ3v) is 3.04. The molecule has 0 radical (unpaired) electrons. The van der Waals surface area contributed by atoms with E-state index < -0.39 is 11.5 Å². The van der Waals surface area contributed by atoms with Crippen LogP contribution in [0.2, 0.25) is 0 Å². The molecule has 4 heteroatoms. The molecule has 0 fully saturated rings. The number of hydrogen-bond acceptors (Lipinski definition) is 2. The standard InChI is InChI=1S/C13H17NO3/c1-9-7-5-6-8-10(9)11(15)14(4)13(2,3)12(16)17/h5-8H,1-4H3,(H,16,17). The lowest BCUT2D eigenvalue weighted by molar-refractivity contribution is -0.147. The van der Waals surface area contributed by atoms with Crippen molar-refractivity contribution in [1.82, 2.24) is 4.90 Å². The van der Waals surface area contributed by atoms with Crippen LogP contribution < -0.4 is 0 Å². The van der Waals surface area contributed by atoms with Crippen LogP contribution in [0.4, 0.5) is 0 Å². The molecule has 0 saturated carbocycles. The summed E-state index contributed by atoms with van der Waals surface area (Å²) < 4.78 is 0. The molecular weight excluding hydrogens is 218 g/mol. The number of carboxylic acids is 1. The van der Waals surface area contributed by atoms with Crippen LogP contribution in [-0.2, 0) is 4.79 Å². The fourth-order valence-electron chi connectivity index (χ4n) is 1.39. The van der Waals surface area contributed by atoms with Crippen molar-refractivity contribution in [2.45, 2.75) is 26.3 Å². The first-order valence-corrected chi connectivity index (χ1v) is 5.35. The summed E-state index contributed by atoms with van der Waals surface area (Å²) in [7, 11) is 1.50. The van der Waals surface area contributed by atoms with E-state index in [-0.39, 0.29) is 5.91 Å². The monoisotopic (exact) mass is 235 g/mol. The van der Waals surface area contributed by atoms with E-state index in [0.29, 0.717) is 5.56 Å². The summed E-state index contributed by atoms with van der Waals surface area (Å²) in [5.74, 6) is -1.31. The molecule has 0 spiro atoms. The highest BCUT2D eigenvalue weighted by atomic mass is 16.4. The second-order valence-corrected chi connectivity index (χ2v) is 4.54. The molecule has 0 aliphatic carbocycles. The molecule has 0 bridgehead atoms. The fourth-order valence-corrected chi connectivity index (χ4v) is 1.39. The van der Waals surface area contributed by atoms with Crippen molar-refractivity contribution in [1.29, 1.82) is 0 Å². The maximum absolute atomic E-state index is 12.2. The summed E-state index contributed by atoms with van der Waals surface area (Å²) in [4.78, 5) is 24.5. The Bertz CT molecular complexity index is 452. The molecule has 1 N–H and O–H groups in total. The van der Waals surface area contributed by atoms with Crippen molar-refractivity contribution < 1.29 is 14.7 Å². The van der Waals surface area contributed by atoms with Crippen molar-refractivity contribution in [3.8, 4) is 0 Å². The Labute approximate surface area is 101 Å². The van der Waals surface area contributed by atoms with E-state index in [9.17, 15) is 9.59 Å². The molecule has 1 aromatic carbocycles. The van der Waals surface area contributed by atoms with Gasteiger partial charge in [0.15, 0.2) is 0 Å². The van der Waals surface area contributed by atoms with Gasteiger partial charge in [-0.2, -0.15) is 0 Å². The van der Waals surface area contributed by atoms with E-state index in [1.165, 1.54) is 25.8 Å². The number of carboxylic acid groups (broad SMARTS) is 1. The molecular formula is C13H17NO3. The first-order valence-electron chi connectivity index (χ1n) is 5.35. The molecule has 4 nitrogen and oxygen atoms in total. The van der Waals surface area contributed by atoms with Crippen molar-refractivity contribution in [2.24, 2.45) is 0 Å². The Hall–Kier alpha value is -1.84. The number of carbonyl (C=O) groups excluding carboxylic acids is 1. The average Bonchev–Trinajstić information content (AvgIpc) is 2.27. The molecule has 0 unspecified atom stereocenters. The summed E-state index contributed by atoms with van der Waals surface area (Å²) in [5.41, 5.74) is 0.147. The number of likely N-dealkylation sites (N-methyl/N-ethyl adjacent to an activating group) is 1. The molecule has 0 heterocycles. The van der Waals surface area contributed by atoms with Gasteiger partial charge in [-0.05, 0) is 32.4 Å². The first-order chi connectivity index (χ1) is 7.78. The predicted molar refractivity (Wildman–Crippen MR) is 65.0 cm³/mol. The molecule has 0 aliphatic heterocycles. The average molecular weight is 235 g/mol. The molecule has 1 amide bonds. The summed E-state index contributed by atoms with van der Waals surface area (Å²) in [5, 5.41) is 9.08. The van der Waals surface area contributed by atoms with Crippen LogP contribution in [0.5, 0.6) is 0 Å². The molecule has 17 heavy (non-hydrogen) atoms. The van der Waals surface area contributed by atoms with Gasteiger partial charge in [0, 0.05) is 12.6 Å². The fraction of sp³-hybridized carbons (Fsp3) is 0.385. The van der Waals surface area contributed by atoms with Crippen molar-refractivity contribution in [2.75, 3.05) is 7.05 Å². The van der Waals surface area contributed by atoms with Crippen LogP contribution >= 0.6 is 0 Å². The lowest BCUT2D eigenvalue weighted by Gasteiger charge is -2.31. The van der Waals surface area contributed by atoms with E-state index in [1.807, 2.05) is 19.1 Å². The highest BCUT2D eigenvalue weighted by Gasteiger charge is 2.35. The van der Waals surface area contributed by atoms with Gasteiger partial charge in [-0.25, -0.2) is 4.79 Å². The number of amides is 1. The quantitative estimate of drug-likeness (QED) is 0.870. The van der Waals surface area contributed by atoms with Gasteiger partial charge in [-0.3, -0.25) is 4.79 Å². The van der Waals surface area contributed by atoms with Crippen molar-refractivity contribution in [3.05, 3.63) is 35.4 Å². The Kier molecular flexibility index (Phi) is 3.56. The van der Waals surface area contributed by atoms with E-state index in [2.05, 4.69) is 0 Å². The Morgan fingerprint density at radius 2 is 1.76 bits per heavy atom. The van der Waals surface area contributed by atoms with Crippen molar-refractivity contribution >= 4 is 11.9 Å². The van der Waals surface area contributed by atoms with Gasteiger partial charge in [-0.1, -0.05) is 18.2 Å². The molecule has 92 valence electrons. The number of rotatable bonds is 3. The number of hydrogen-bond donors (Lipinski definition) is 1. The number of aliphatic carboxylic acids is 1. The summed E-state index contributed by atoms with van der Waals surface area (Å²) in [6, 6.07) is 7.14. The van der Waals surface area contributed by atoms with Crippen LogP contribution in [0.25, 0.3) is 0 Å². The van der Waals surface area contributed by atoms with Gasteiger partial charge >= 0.3 is 5.97 Å². The van der Waals surface area contributed by atoms with Crippen LogP contribution in [0.15, 0.2) is 24.3 Å². The van der Waals surface area contributed by atoms with Gasteiger partial charge in [0.25, 0.3) is 5.91 Å². The number of carbonyl (C=O) groups is 2. The van der Waals surface area contributed by atoms with E-state index >= 15 is 0 Å². The molecule has 0 aliphatic rings. The summed E-state index contributed by atoms with van der Waals surface area (Å²) in [6.07, 6.45) is 0. The van der Waals surface area contributed by atoms with Crippen LogP contribution in [-0.4, -0.2) is 34.5 Å². The molecule has 0 aromatic heterocycles. The van der Waals surface area contributed by atoms with Gasteiger partial charge in [-0.15, -0.1) is 0 Å². The van der Waals surface area contributed by atoms with Crippen molar-refractivity contribution in [3.63, 3.8) is 0 Å². The highest BCUT2D eigenvalue weighted by Crippen LogP contribution is 2.18. The zero-order valence-corrected chi connectivity index (χ0v) is 10.5. The minimum Gasteiger partial charge on any atom is -0.480 e. The number of aryl methyl sites for hydroxylation is 1. The minimum atomic E-state index is -1.22. The van der Waals surface area contributed by atoms with E-state index in [1.54, 1.807) is 12.1 Å². The first kappa shape index (κ1) is 13.2. The molecule has 0 saturated heterocycles. The zero-order valence-electron chi connectivity index (χ0n) is 10.5. The third-order valence-electron chi connectivity index (χ3n) is 3.04. The van der Waals surface area contributed by atoms with E-state index in [0.717, 1.165) is 5.56 Å². The third kappa shape index (κ3) is 2.46. The largest absolute Gasteiger partial charge is 0.480 e. The van der Waals surface area contributed by atoms with Gasteiger partial charge in [0.1, 0.15) is 5.54 Å². The summed E-state index contributed by atoms with van der Waals surface area (Å²) in [6.45, 7) is 4.84. The highest BCUT2D eigenvalue weighted by molar-refractivity contribution is 5.98. The Morgan fingerprint density at radius 1 is 1.24 bits per heavy atom. The normalized spacial score (nSPS) is 11.1. The molecule has 1 rings (SSSR count). The number of benzene rings is 1. The smallest absolute Gasteiger partial charge is 0.329 e. The molecule has 1 aromatic rings. The zero-order chi connectivity index (χ0) is 13.2. The minimum absolute atomic E-state index is 0.282. The SMILES string of the molecule is Cc1ccccc1C(=O)N(C)C(C)(C)C(=O)O. The maximum Gasteiger partial charge on any atom is 0.329 e. The van der Waals surface area contributed by atoms with Gasteiger partial charge in [0.05, 0.1) is 0 Å². The Balaban J connectivity index is 3.07. The predicted octanol–water partition coefficient (Wildman–Crippen LogP) is 1.93.